The average molecular weight is 307 g/mol. The Bertz CT molecular complexity index is 430. The normalized spacial score (nSPS) is 13.3. The summed E-state index contributed by atoms with van der Waals surface area (Å²) in [4.78, 5) is 12.1. The molecule has 0 aliphatic heterocycles. The van der Waals surface area contributed by atoms with Crippen LogP contribution in [0.3, 0.4) is 0 Å². The third-order valence-corrected chi connectivity index (χ3v) is 3.85. The monoisotopic (exact) mass is 307 g/mol. The van der Waals surface area contributed by atoms with E-state index in [4.69, 9.17) is 9.47 Å². The Morgan fingerprint density at radius 3 is 2.36 bits per heavy atom. The quantitative estimate of drug-likeness (QED) is 0.715. The van der Waals surface area contributed by atoms with Crippen LogP contribution in [0.1, 0.15) is 46.5 Å². The first kappa shape index (κ1) is 18.3. The Balaban J connectivity index is 2.40. The largest absolute Gasteiger partial charge is 0.497 e. The molecule has 1 amide bonds. The van der Waals surface area contributed by atoms with E-state index in [1.165, 1.54) is 19.3 Å². The summed E-state index contributed by atoms with van der Waals surface area (Å²) in [5.41, 5.74) is 0. The number of carbonyl (C=O) groups excluding carboxylic acids is 1. The van der Waals surface area contributed by atoms with Gasteiger partial charge in [-0.25, -0.2) is 0 Å². The maximum absolute atomic E-state index is 12.1. The number of methoxy groups -OCH3 is 1. The van der Waals surface area contributed by atoms with Gasteiger partial charge in [-0.2, -0.15) is 0 Å². The highest BCUT2D eigenvalue weighted by atomic mass is 16.5. The SMILES string of the molecule is CCCC[C@@H](CC)CNC(=O)[C@@H](C)Oc1ccc(OC)cc1. The van der Waals surface area contributed by atoms with E-state index in [9.17, 15) is 4.79 Å². The highest BCUT2D eigenvalue weighted by Gasteiger charge is 2.16. The lowest BCUT2D eigenvalue weighted by atomic mass is 9.99. The number of ether oxygens (including phenoxy) is 2. The lowest BCUT2D eigenvalue weighted by Crippen LogP contribution is -2.38. The maximum Gasteiger partial charge on any atom is 0.260 e. The third-order valence-electron chi connectivity index (χ3n) is 3.85. The van der Waals surface area contributed by atoms with Crippen LogP contribution in [-0.2, 0) is 4.79 Å². The van der Waals surface area contributed by atoms with Crippen LogP contribution < -0.4 is 14.8 Å². The average Bonchev–Trinajstić information content (AvgIpc) is 2.55. The summed E-state index contributed by atoms with van der Waals surface area (Å²) in [6, 6.07) is 7.24. The number of hydrogen-bond acceptors (Lipinski definition) is 3. The van der Waals surface area contributed by atoms with Gasteiger partial charge in [-0.3, -0.25) is 4.79 Å². The second-order valence-corrected chi connectivity index (χ2v) is 5.60. The zero-order chi connectivity index (χ0) is 16.4. The van der Waals surface area contributed by atoms with Crippen molar-refractivity contribution in [2.75, 3.05) is 13.7 Å². The summed E-state index contributed by atoms with van der Waals surface area (Å²) < 4.78 is 10.8. The number of nitrogens with one attached hydrogen (secondary N) is 1. The highest BCUT2D eigenvalue weighted by Crippen LogP contribution is 2.18. The summed E-state index contributed by atoms with van der Waals surface area (Å²) in [5.74, 6) is 1.93. The lowest BCUT2D eigenvalue weighted by Gasteiger charge is -2.18. The van der Waals surface area contributed by atoms with Crippen LogP contribution in [0.25, 0.3) is 0 Å². The molecule has 22 heavy (non-hydrogen) atoms. The van der Waals surface area contributed by atoms with Gasteiger partial charge in [0.15, 0.2) is 6.10 Å². The van der Waals surface area contributed by atoms with Gasteiger partial charge in [0.1, 0.15) is 11.5 Å². The van der Waals surface area contributed by atoms with Gasteiger partial charge in [0.25, 0.3) is 5.91 Å². The number of hydrogen-bond donors (Lipinski definition) is 1. The van der Waals surface area contributed by atoms with Crippen molar-refractivity contribution in [2.24, 2.45) is 5.92 Å². The molecule has 0 saturated heterocycles. The van der Waals surface area contributed by atoms with Crippen LogP contribution in [0.5, 0.6) is 11.5 Å². The fourth-order valence-corrected chi connectivity index (χ4v) is 2.24. The fourth-order valence-electron chi connectivity index (χ4n) is 2.24. The molecule has 1 aromatic rings. The third kappa shape index (κ3) is 6.37. The molecule has 0 unspecified atom stereocenters. The Morgan fingerprint density at radius 2 is 1.82 bits per heavy atom. The summed E-state index contributed by atoms with van der Waals surface area (Å²) in [7, 11) is 1.62. The Hall–Kier alpha value is -1.71. The van der Waals surface area contributed by atoms with Crippen molar-refractivity contribution in [3.05, 3.63) is 24.3 Å². The molecule has 1 N–H and O–H groups in total. The molecule has 0 aliphatic rings. The summed E-state index contributed by atoms with van der Waals surface area (Å²) >= 11 is 0. The second-order valence-electron chi connectivity index (χ2n) is 5.60. The summed E-state index contributed by atoms with van der Waals surface area (Å²) in [6.45, 7) is 6.86. The standard InChI is InChI=1S/C18H29NO3/c1-5-7-8-15(6-2)13-19-18(20)14(3)22-17-11-9-16(21-4)10-12-17/h9-12,14-15H,5-8,13H2,1-4H3,(H,19,20)/t14-,15-/m1/s1. The van der Waals surface area contributed by atoms with E-state index < -0.39 is 6.10 Å². The fraction of sp³-hybridized carbons (Fsp3) is 0.611. The zero-order valence-electron chi connectivity index (χ0n) is 14.2. The van der Waals surface area contributed by atoms with Crippen molar-refractivity contribution in [1.82, 2.24) is 5.32 Å². The number of unbranched alkanes of at least 4 members (excludes halogenated alkanes) is 1. The van der Waals surface area contributed by atoms with Crippen LogP contribution in [0, 0.1) is 5.92 Å². The minimum absolute atomic E-state index is 0.0641. The molecule has 0 bridgehead atoms. The van der Waals surface area contributed by atoms with Crippen molar-refractivity contribution in [3.8, 4) is 11.5 Å². The van der Waals surface area contributed by atoms with E-state index in [-0.39, 0.29) is 5.91 Å². The predicted molar refractivity (Wildman–Crippen MR) is 89.4 cm³/mol. The zero-order valence-corrected chi connectivity index (χ0v) is 14.2. The van der Waals surface area contributed by atoms with Crippen LogP contribution in [-0.4, -0.2) is 25.7 Å². The second kappa shape index (κ2) is 10.1. The van der Waals surface area contributed by atoms with Crippen LogP contribution in [0.15, 0.2) is 24.3 Å². The van der Waals surface area contributed by atoms with E-state index in [1.54, 1.807) is 26.2 Å². The van der Waals surface area contributed by atoms with Crippen molar-refractivity contribution in [2.45, 2.75) is 52.6 Å². The van der Waals surface area contributed by atoms with E-state index in [1.807, 2.05) is 12.1 Å². The maximum atomic E-state index is 12.1. The molecule has 0 aliphatic carbocycles. The van der Waals surface area contributed by atoms with Crippen molar-refractivity contribution in [1.29, 1.82) is 0 Å². The van der Waals surface area contributed by atoms with Crippen LogP contribution >= 0.6 is 0 Å². The first-order valence-corrected chi connectivity index (χ1v) is 8.19. The van der Waals surface area contributed by atoms with E-state index >= 15 is 0 Å². The smallest absolute Gasteiger partial charge is 0.260 e. The molecular weight excluding hydrogens is 278 g/mol. The van der Waals surface area contributed by atoms with Gasteiger partial charge < -0.3 is 14.8 Å². The van der Waals surface area contributed by atoms with Gasteiger partial charge in [0.05, 0.1) is 7.11 Å². The first-order valence-electron chi connectivity index (χ1n) is 8.19. The molecule has 1 rings (SSSR count). The number of amides is 1. The Kier molecular flexibility index (Phi) is 8.41. The Morgan fingerprint density at radius 1 is 1.18 bits per heavy atom. The number of rotatable bonds is 10. The van der Waals surface area contributed by atoms with E-state index in [2.05, 4.69) is 19.2 Å². The predicted octanol–water partition coefficient (Wildman–Crippen LogP) is 3.80. The molecule has 0 aromatic heterocycles. The van der Waals surface area contributed by atoms with Gasteiger partial charge in [0, 0.05) is 6.54 Å². The molecule has 0 saturated carbocycles. The molecule has 4 heteroatoms. The van der Waals surface area contributed by atoms with Crippen LogP contribution in [0.2, 0.25) is 0 Å². The van der Waals surface area contributed by atoms with Gasteiger partial charge in [-0.05, 0) is 43.5 Å². The van der Waals surface area contributed by atoms with Crippen molar-refractivity contribution >= 4 is 5.91 Å². The molecule has 0 spiro atoms. The molecule has 1 aromatic carbocycles. The topological polar surface area (TPSA) is 47.6 Å². The summed E-state index contributed by atoms with van der Waals surface area (Å²) in [6.07, 6.45) is 4.17. The lowest BCUT2D eigenvalue weighted by molar-refractivity contribution is -0.127. The number of carbonyl (C=O) groups is 1. The number of benzene rings is 1. The van der Waals surface area contributed by atoms with Crippen LogP contribution in [0.4, 0.5) is 0 Å². The van der Waals surface area contributed by atoms with E-state index in [0.29, 0.717) is 11.7 Å². The Labute approximate surface area is 134 Å². The molecule has 2 atom stereocenters. The van der Waals surface area contributed by atoms with Gasteiger partial charge in [-0.15, -0.1) is 0 Å². The molecule has 124 valence electrons. The van der Waals surface area contributed by atoms with Gasteiger partial charge in [0.2, 0.25) is 0 Å². The van der Waals surface area contributed by atoms with Gasteiger partial charge >= 0.3 is 0 Å². The highest BCUT2D eigenvalue weighted by molar-refractivity contribution is 5.80. The minimum atomic E-state index is -0.503. The van der Waals surface area contributed by atoms with Gasteiger partial charge in [-0.1, -0.05) is 33.1 Å². The van der Waals surface area contributed by atoms with Crippen molar-refractivity contribution in [3.63, 3.8) is 0 Å². The molecular formula is C18H29NO3. The first-order chi connectivity index (χ1) is 10.6. The van der Waals surface area contributed by atoms with Crippen molar-refractivity contribution < 1.29 is 14.3 Å². The summed E-state index contributed by atoms with van der Waals surface area (Å²) in [5, 5.41) is 3.00. The molecule has 0 radical (unpaired) electrons. The molecule has 4 nitrogen and oxygen atoms in total. The minimum Gasteiger partial charge on any atom is -0.497 e. The molecule has 0 heterocycles. The molecule has 0 fully saturated rings. The van der Waals surface area contributed by atoms with E-state index in [0.717, 1.165) is 18.7 Å².